The predicted octanol–water partition coefficient (Wildman–Crippen LogP) is 3.04. The van der Waals surface area contributed by atoms with Gasteiger partial charge in [0.2, 0.25) is 0 Å². The number of fused-ring (bicyclic) bond motifs is 1. The number of hydrogen-bond acceptors (Lipinski definition) is 5. The molecule has 1 fully saturated rings. The van der Waals surface area contributed by atoms with Gasteiger partial charge in [-0.05, 0) is 37.3 Å². The van der Waals surface area contributed by atoms with E-state index in [-0.39, 0.29) is 23.2 Å². The lowest BCUT2D eigenvalue weighted by Gasteiger charge is -2.18. The van der Waals surface area contributed by atoms with E-state index in [1.807, 2.05) is 24.3 Å². The average molecular weight is 411 g/mol. The summed E-state index contributed by atoms with van der Waals surface area (Å²) in [5.41, 5.74) is 2.77. The molecule has 5 nitrogen and oxygen atoms in total. The Morgan fingerprint density at radius 3 is 2.81 bits per heavy atom. The fourth-order valence-electron chi connectivity index (χ4n) is 3.78. The van der Waals surface area contributed by atoms with Crippen LogP contribution in [0.2, 0.25) is 5.02 Å². The van der Waals surface area contributed by atoms with Gasteiger partial charge in [0.15, 0.2) is 9.84 Å². The quantitative estimate of drug-likeness (QED) is 0.572. The summed E-state index contributed by atoms with van der Waals surface area (Å²) >= 11 is 7.75. The molecule has 0 N–H and O–H groups in total. The summed E-state index contributed by atoms with van der Waals surface area (Å²) in [4.78, 5) is 17.0. The summed E-state index contributed by atoms with van der Waals surface area (Å²) in [6.07, 6.45) is 3.16. The molecule has 1 saturated heterocycles. The van der Waals surface area contributed by atoms with Crippen LogP contribution in [0.3, 0.4) is 0 Å². The smallest absolute Gasteiger partial charge is 0.292 e. The molecule has 1 atom stereocenters. The van der Waals surface area contributed by atoms with Gasteiger partial charge in [0, 0.05) is 22.0 Å². The molecule has 2 aliphatic rings. The van der Waals surface area contributed by atoms with Crippen molar-refractivity contribution in [2.45, 2.75) is 42.5 Å². The Balaban J connectivity index is 1.66. The van der Waals surface area contributed by atoms with Gasteiger partial charge < -0.3 is 0 Å². The monoisotopic (exact) mass is 410 g/mol. The zero-order valence-corrected chi connectivity index (χ0v) is 16.5. The molecule has 0 saturated carbocycles. The van der Waals surface area contributed by atoms with Gasteiger partial charge in [-0.3, -0.25) is 4.57 Å². The Morgan fingerprint density at radius 1 is 1.27 bits per heavy atom. The standard InChI is InChI=1S/C18H19ClN2O3S2/c19-15-6-2-1-4-12(15)10-25-17-14-5-3-7-16(14)21(18(22)20-17)13-8-9-26(23,24)11-13/h1-2,4,6,13H,3,5,7-11H2. The summed E-state index contributed by atoms with van der Waals surface area (Å²) in [6, 6.07) is 7.39. The van der Waals surface area contributed by atoms with E-state index in [0.29, 0.717) is 17.2 Å². The van der Waals surface area contributed by atoms with Crippen LogP contribution in [0.5, 0.6) is 0 Å². The summed E-state index contributed by atoms with van der Waals surface area (Å²) in [7, 11) is -3.05. The molecule has 1 aromatic heterocycles. The molecule has 2 aromatic rings. The van der Waals surface area contributed by atoms with Gasteiger partial charge in [0.1, 0.15) is 5.03 Å². The SMILES string of the molecule is O=c1nc(SCc2ccccc2Cl)c2c(n1C1CCS(=O)(=O)C1)CCC2. The van der Waals surface area contributed by atoms with E-state index in [9.17, 15) is 13.2 Å². The molecule has 0 amide bonds. The van der Waals surface area contributed by atoms with E-state index in [1.165, 1.54) is 11.8 Å². The average Bonchev–Trinajstić information content (AvgIpc) is 3.20. The maximum atomic E-state index is 12.7. The highest BCUT2D eigenvalue weighted by atomic mass is 35.5. The Morgan fingerprint density at radius 2 is 2.08 bits per heavy atom. The molecule has 1 unspecified atom stereocenters. The van der Waals surface area contributed by atoms with Crippen molar-refractivity contribution in [3.8, 4) is 0 Å². The van der Waals surface area contributed by atoms with Crippen molar-refractivity contribution in [3.63, 3.8) is 0 Å². The number of sulfone groups is 1. The molecular weight excluding hydrogens is 392 g/mol. The van der Waals surface area contributed by atoms with E-state index in [1.54, 1.807) is 4.57 Å². The lowest BCUT2D eigenvalue weighted by atomic mass is 10.2. The third-order valence-electron chi connectivity index (χ3n) is 5.04. The van der Waals surface area contributed by atoms with E-state index in [2.05, 4.69) is 4.98 Å². The number of thioether (sulfide) groups is 1. The zero-order chi connectivity index (χ0) is 18.3. The molecule has 8 heteroatoms. The minimum Gasteiger partial charge on any atom is -0.292 e. The summed E-state index contributed by atoms with van der Waals surface area (Å²) in [5, 5.41) is 1.47. The number of rotatable bonds is 4. The second kappa shape index (κ2) is 7.02. The van der Waals surface area contributed by atoms with E-state index >= 15 is 0 Å². The second-order valence-corrected chi connectivity index (χ2v) is 10.4. The van der Waals surface area contributed by atoms with Crippen molar-refractivity contribution in [2.24, 2.45) is 0 Å². The molecule has 2 heterocycles. The first-order valence-corrected chi connectivity index (χ1v) is 11.8. The highest BCUT2D eigenvalue weighted by Gasteiger charge is 2.33. The molecule has 1 aliphatic carbocycles. The Kier molecular flexibility index (Phi) is 4.88. The minimum absolute atomic E-state index is 0.0487. The summed E-state index contributed by atoms with van der Waals surface area (Å²) in [6.45, 7) is 0. The minimum atomic E-state index is -3.05. The van der Waals surface area contributed by atoms with Gasteiger partial charge in [-0.25, -0.2) is 13.2 Å². The van der Waals surface area contributed by atoms with Crippen molar-refractivity contribution in [2.75, 3.05) is 11.5 Å². The Labute approximate surface area is 161 Å². The topological polar surface area (TPSA) is 69.0 Å². The van der Waals surface area contributed by atoms with Crippen LogP contribution in [-0.4, -0.2) is 29.5 Å². The predicted molar refractivity (Wildman–Crippen MR) is 104 cm³/mol. The fourth-order valence-corrected chi connectivity index (χ4v) is 6.85. The molecule has 1 aromatic carbocycles. The van der Waals surface area contributed by atoms with Crippen LogP contribution in [0.1, 0.15) is 35.7 Å². The van der Waals surface area contributed by atoms with E-state index < -0.39 is 9.84 Å². The van der Waals surface area contributed by atoms with Crippen LogP contribution in [0.4, 0.5) is 0 Å². The highest BCUT2D eigenvalue weighted by Crippen LogP contribution is 2.34. The first kappa shape index (κ1) is 18.1. The van der Waals surface area contributed by atoms with Crippen molar-refractivity contribution in [1.82, 2.24) is 9.55 Å². The number of benzene rings is 1. The molecule has 0 spiro atoms. The third kappa shape index (κ3) is 3.44. The Hall–Kier alpha value is -1.31. The van der Waals surface area contributed by atoms with Crippen molar-refractivity contribution >= 4 is 33.2 Å². The first-order valence-electron chi connectivity index (χ1n) is 8.65. The van der Waals surface area contributed by atoms with Crippen molar-refractivity contribution < 1.29 is 8.42 Å². The van der Waals surface area contributed by atoms with E-state index in [0.717, 1.165) is 41.1 Å². The molecule has 138 valence electrons. The van der Waals surface area contributed by atoms with Crippen molar-refractivity contribution in [1.29, 1.82) is 0 Å². The van der Waals surface area contributed by atoms with Gasteiger partial charge in [-0.1, -0.05) is 29.8 Å². The zero-order valence-electron chi connectivity index (χ0n) is 14.2. The second-order valence-electron chi connectivity index (χ2n) is 6.79. The van der Waals surface area contributed by atoms with Gasteiger partial charge in [0.05, 0.1) is 17.5 Å². The molecule has 4 rings (SSSR count). The first-order chi connectivity index (χ1) is 12.4. The molecular formula is C18H19ClN2O3S2. The largest absolute Gasteiger partial charge is 0.349 e. The van der Waals surface area contributed by atoms with Gasteiger partial charge in [-0.15, -0.1) is 11.8 Å². The van der Waals surface area contributed by atoms with Gasteiger partial charge in [0.25, 0.3) is 0 Å². The lowest BCUT2D eigenvalue weighted by molar-refractivity contribution is 0.502. The molecule has 1 aliphatic heterocycles. The maximum Gasteiger partial charge on any atom is 0.349 e. The van der Waals surface area contributed by atoms with Gasteiger partial charge in [-0.2, -0.15) is 4.98 Å². The Bertz CT molecular complexity index is 1020. The summed E-state index contributed by atoms with van der Waals surface area (Å²) < 4.78 is 25.3. The third-order valence-corrected chi connectivity index (χ3v) is 8.22. The fraction of sp³-hybridized carbons (Fsp3) is 0.444. The van der Waals surface area contributed by atoms with Crippen LogP contribution >= 0.6 is 23.4 Å². The number of nitrogens with zero attached hydrogens (tertiary/aromatic N) is 2. The number of hydrogen-bond donors (Lipinski definition) is 0. The van der Waals surface area contributed by atoms with Crippen LogP contribution in [0.15, 0.2) is 34.1 Å². The van der Waals surface area contributed by atoms with Crippen LogP contribution in [0, 0.1) is 0 Å². The molecule has 0 bridgehead atoms. The van der Waals surface area contributed by atoms with Crippen LogP contribution in [-0.2, 0) is 28.4 Å². The molecule has 0 radical (unpaired) electrons. The van der Waals surface area contributed by atoms with Crippen LogP contribution in [0.25, 0.3) is 0 Å². The lowest BCUT2D eigenvalue weighted by Crippen LogP contribution is -2.31. The van der Waals surface area contributed by atoms with Crippen molar-refractivity contribution in [3.05, 3.63) is 56.6 Å². The number of halogens is 1. The number of aromatic nitrogens is 2. The van der Waals surface area contributed by atoms with Gasteiger partial charge >= 0.3 is 5.69 Å². The molecule has 26 heavy (non-hydrogen) atoms. The maximum absolute atomic E-state index is 12.7. The van der Waals surface area contributed by atoms with E-state index in [4.69, 9.17) is 11.6 Å². The van der Waals surface area contributed by atoms with Crippen LogP contribution < -0.4 is 5.69 Å². The highest BCUT2D eigenvalue weighted by molar-refractivity contribution is 7.98. The normalized spacial score (nSPS) is 21.0. The summed E-state index contributed by atoms with van der Waals surface area (Å²) in [5.74, 6) is 0.857.